The lowest BCUT2D eigenvalue weighted by atomic mass is 9.98. The molecular formula is C47H56ClN5O6SSi. The predicted molar refractivity (Wildman–Crippen MR) is 245 cm³/mol. The van der Waals surface area contributed by atoms with Crippen molar-refractivity contribution in [1.29, 1.82) is 0 Å². The summed E-state index contributed by atoms with van der Waals surface area (Å²) in [7, 11) is 3.69. The highest BCUT2D eigenvalue weighted by molar-refractivity contribution is 7.97. The molecule has 61 heavy (non-hydrogen) atoms. The largest absolute Gasteiger partial charge is 0.469 e. The van der Waals surface area contributed by atoms with Gasteiger partial charge in [-0.05, 0) is 65.7 Å². The number of hydrogen-bond acceptors (Lipinski definition) is 9. The number of nitrogens with zero attached hydrogens (tertiary/aromatic N) is 5. The van der Waals surface area contributed by atoms with Crippen LogP contribution in [0.15, 0.2) is 78.9 Å². The molecule has 1 aliphatic heterocycles. The summed E-state index contributed by atoms with van der Waals surface area (Å²) in [5.74, 6) is 0.388. The SMILES string of the molecule is COC(=O)CCc1c(C(=O)OC)n(C)c2c(-c3c(CSCc4cc(CO[Si](c5ccccc5)(c5ccccc5)C(C)(C)C)nn4C4CCCCO4)nn(C)c3C)c(Cl)ccc12. The minimum absolute atomic E-state index is 0.112. The minimum Gasteiger partial charge on any atom is -0.469 e. The second kappa shape index (κ2) is 18.8. The Labute approximate surface area is 368 Å². The Balaban J connectivity index is 1.22. The average Bonchev–Trinajstić information content (AvgIpc) is 3.90. The molecule has 0 N–H and O–H groups in total. The zero-order valence-corrected chi connectivity index (χ0v) is 39.0. The molecule has 322 valence electrons. The van der Waals surface area contributed by atoms with Crippen molar-refractivity contribution in [1.82, 2.24) is 24.1 Å². The average molecular weight is 883 g/mol. The van der Waals surface area contributed by atoms with Crippen molar-refractivity contribution in [2.45, 2.75) is 89.2 Å². The van der Waals surface area contributed by atoms with Gasteiger partial charge in [0.25, 0.3) is 8.32 Å². The van der Waals surface area contributed by atoms with Gasteiger partial charge in [0.15, 0.2) is 0 Å². The minimum atomic E-state index is -2.80. The highest BCUT2D eigenvalue weighted by Gasteiger charge is 2.50. The van der Waals surface area contributed by atoms with E-state index in [0.717, 1.165) is 64.1 Å². The Morgan fingerprint density at radius 1 is 0.918 bits per heavy atom. The van der Waals surface area contributed by atoms with E-state index in [4.69, 9.17) is 40.4 Å². The fourth-order valence-electron chi connectivity index (χ4n) is 8.91. The smallest absolute Gasteiger partial charge is 0.354 e. The topological polar surface area (TPSA) is 112 Å². The summed E-state index contributed by atoms with van der Waals surface area (Å²) in [6.45, 7) is 9.96. The zero-order chi connectivity index (χ0) is 43.5. The number of rotatable bonds is 15. The van der Waals surface area contributed by atoms with Crippen molar-refractivity contribution in [2.24, 2.45) is 14.1 Å². The van der Waals surface area contributed by atoms with E-state index in [2.05, 4.69) is 92.2 Å². The molecule has 3 aromatic heterocycles. The third-order valence-corrected chi connectivity index (χ3v) is 18.2. The Kier molecular flexibility index (Phi) is 13.6. The molecule has 1 saturated heterocycles. The van der Waals surface area contributed by atoms with Crippen molar-refractivity contribution in [2.75, 3.05) is 20.8 Å². The van der Waals surface area contributed by atoms with Gasteiger partial charge in [-0.25, -0.2) is 9.48 Å². The highest BCUT2D eigenvalue weighted by Crippen LogP contribution is 2.43. The van der Waals surface area contributed by atoms with Crippen LogP contribution in [0.5, 0.6) is 0 Å². The molecule has 0 radical (unpaired) electrons. The lowest BCUT2D eigenvalue weighted by Gasteiger charge is -2.42. The number of aromatic nitrogens is 5. The molecule has 6 aromatic rings. The molecule has 3 aromatic carbocycles. The van der Waals surface area contributed by atoms with Gasteiger partial charge in [0.2, 0.25) is 0 Å². The number of ether oxygens (including phenoxy) is 3. The maximum atomic E-state index is 13.3. The van der Waals surface area contributed by atoms with E-state index >= 15 is 0 Å². The van der Waals surface area contributed by atoms with E-state index in [1.807, 2.05) is 42.4 Å². The van der Waals surface area contributed by atoms with Crippen molar-refractivity contribution >= 4 is 64.9 Å². The van der Waals surface area contributed by atoms with Crippen LogP contribution in [0.1, 0.15) is 91.5 Å². The molecule has 0 saturated carbocycles. The first-order valence-electron chi connectivity index (χ1n) is 20.8. The number of carbonyl (C=O) groups excluding carboxylic acids is 2. The van der Waals surface area contributed by atoms with Crippen LogP contribution in [0.4, 0.5) is 0 Å². The standard InChI is InChI=1S/C47H56ClN5O6SSi/c1-31-42(43-38(48)24-22-36-37(23-25-41(54)56-7)45(46(55)57-8)51(5)44(36)43)39(50-52(31)6)30-60-29-33-27-32(49-53(33)40-21-15-16-26-58-40)28-59-61(47(2,3)4,34-17-11-9-12-18-34)35-19-13-10-14-20-35/h9-14,17-20,22,24,27,40H,15-16,21,23,25-26,28-30H2,1-8H3. The molecular weight excluding hydrogens is 826 g/mol. The van der Waals surface area contributed by atoms with E-state index in [1.165, 1.54) is 24.6 Å². The van der Waals surface area contributed by atoms with E-state index in [1.54, 1.807) is 11.8 Å². The van der Waals surface area contributed by atoms with Crippen LogP contribution < -0.4 is 10.4 Å². The van der Waals surface area contributed by atoms with Gasteiger partial charge in [-0.15, -0.1) is 11.8 Å². The van der Waals surface area contributed by atoms with Crippen LogP contribution in [0.25, 0.3) is 22.0 Å². The van der Waals surface area contributed by atoms with Crippen LogP contribution in [0.2, 0.25) is 10.1 Å². The van der Waals surface area contributed by atoms with Gasteiger partial charge in [-0.3, -0.25) is 9.48 Å². The number of hydrogen-bond donors (Lipinski definition) is 0. The monoisotopic (exact) mass is 881 g/mol. The Morgan fingerprint density at radius 2 is 1.61 bits per heavy atom. The van der Waals surface area contributed by atoms with Crippen LogP contribution in [0, 0.1) is 6.92 Å². The van der Waals surface area contributed by atoms with Crippen molar-refractivity contribution in [3.8, 4) is 11.1 Å². The van der Waals surface area contributed by atoms with Gasteiger partial charge in [0, 0.05) is 60.8 Å². The van der Waals surface area contributed by atoms with E-state index in [-0.39, 0.29) is 23.7 Å². The number of methoxy groups -OCH3 is 2. The molecule has 7 rings (SSSR count). The molecule has 0 spiro atoms. The van der Waals surface area contributed by atoms with E-state index < -0.39 is 14.3 Å². The summed E-state index contributed by atoms with van der Waals surface area (Å²) in [5, 5.41) is 13.9. The third-order valence-electron chi connectivity index (χ3n) is 11.9. The predicted octanol–water partition coefficient (Wildman–Crippen LogP) is 8.84. The van der Waals surface area contributed by atoms with Crippen molar-refractivity contribution in [3.63, 3.8) is 0 Å². The van der Waals surface area contributed by atoms with Gasteiger partial charge in [0.1, 0.15) is 11.9 Å². The first kappa shape index (κ1) is 44.4. The van der Waals surface area contributed by atoms with Crippen LogP contribution in [-0.2, 0) is 62.1 Å². The molecule has 1 fully saturated rings. The summed E-state index contributed by atoms with van der Waals surface area (Å²) < 4.78 is 29.6. The summed E-state index contributed by atoms with van der Waals surface area (Å²) >= 11 is 8.86. The molecule has 0 bridgehead atoms. The zero-order valence-electron chi connectivity index (χ0n) is 36.4. The Hall–Kier alpha value is -4.66. The molecule has 1 aliphatic rings. The Bertz CT molecular complexity index is 2470. The highest BCUT2D eigenvalue weighted by atomic mass is 35.5. The summed E-state index contributed by atoms with van der Waals surface area (Å²) in [4.78, 5) is 25.5. The van der Waals surface area contributed by atoms with Gasteiger partial charge in [-0.1, -0.05) is 99.1 Å². The van der Waals surface area contributed by atoms with Crippen LogP contribution in [-0.4, -0.2) is 65.2 Å². The molecule has 0 amide bonds. The molecule has 0 aliphatic carbocycles. The molecule has 11 nitrogen and oxygen atoms in total. The molecule has 1 unspecified atom stereocenters. The molecule has 1 atom stereocenters. The van der Waals surface area contributed by atoms with Crippen LogP contribution in [0.3, 0.4) is 0 Å². The number of thioether (sulfide) groups is 1. The summed E-state index contributed by atoms with van der Waals surface area (Å²) in [5.41, 5.74) is 7.27. The maximum absolute atomic E-state index is 13.3. The second-order valence-electron chi connectivity index (χ2n) is 16.6. The van der Waals surface area contributed by atoms with E-state index in [0.29, 0.717) is 47.4 Å². The number of halogens is 1. The lowest BCUT2D eigenvalue weighted by molar-refractivity contribution is -0.140. The molecule has 14 heteroatoms. The van der Waals surface area contributed by atoms with Gasteiger partial charge >= 0.3 is 11.9 Å². The Morgan fingerprint density at radius 3 is 2.21 bits per heavy atom. The normalized spacial score (nSPS) is 14.7. The van der Waals surface area contributed by atoms with Gasteiger partial charge in [0.05, 0.1) is 48.4 Å². The summed E-state index contributed by atoms with van der Waals surface area (Å²) in [6, 6.07) is 27.3. The maximum Gasteiger partial charge on any atom is 0.354 e. The van der Waals surface area contributed by atoms with Crippen LogP contribution >= 0.6 is 23.4 Å². The number of esters is 2. The van der Waals surface area contributed by atoms with Crippen molar-refractivity contribution in [3.05, 3.63) is 118 Å². The number of benzene rings is 3. The molecule has 4 heterocycles. The fraction of sp³-hybridized carbons (Fsp3) is 0.404. The first-order valence-corrected chi connectivity index (χ1v) is 24.2. The second-order valence-corrected chi connectivity index (χ2v) is 22.3. The number of fused-ring (bicyclic) bond motifs is 1. The number of aryl methyl sites for hydroxylation is 3. The number of carbonyl (C=O) groups is 2. The third kappa shape index (κ3) is 8.72. The van der Waals surface area contributed by atoms with Gasteiger partial charge in [-0.2, -0.15) is 10.2 Å². The van der Waals surface area contributed by atoms with Crippen molar-refractivity contribution < 1.29 is 28.2 Å². The summed E-state index contributed by atoms with van der Waals surface area (Å²) in [6.07, 6.45) is 3.28. The van der Waals surface area contributed by atoms with Gasteiger partial charge < -0.3 is 23.2 Å². The fourth-order valence-corrected chi connectivity index (χ4v) is 14.6. The van der Waals surface area contributed by atoms with E-state index in [9.17, 15) is 9.59 Å². The first-order chi connectivity index (χ1) is 29.3. The quantitative estimate of drug-likeness (QED) is 0.0738. The lowest BCUT2D eigenvalue weighted by Crippen LogP contribution is -2.66.